The first-order chi connectivity index (χ1) is 30.7. The number of carboxylic acid groups (broad SMARTS) is 1. The Balaban J connectivity index is 2.48. The molecule has 22 nitrogen and oxygen atoms in total. The molecule has 1 heterocycles. The van der Waals surface area contributed by atoms with Crippen molar-refractivity contribution in [2.45, 2.75) is 115 Å². The van der Waals surface area contributed by atoms with Crippen LogP contribution in [0.4, 0.5) is 0 Å². The first-order valence-electron chi connectivity index (χ1n) is 21.2. The Labute approximate surface area is 386 Å². The van der Waals surface area contributed by atoms with E-state index < -0.39 is 120 Å². The van der Waals surface area contributed by atoms with E-state index in [4.69, 9.17) is 16.6 Å². The maximum Gasteiger partial charge on any atom is 0.303 e. The fourth-order valence-corrected chi connectivity index (χ4v) is 8.49. The van der Waals surface area contributed by atoms with Crippen LogP contribution in [0.5, 0.6) is 0 Å². The van der Waals surface area contributed by atoms with Crippen molar-refractivity contribution in [1.29, 1.82) is 0 Å². The van der Waals surface area contributed by atoms with Crippen LogP contribution in [0, 0.1) is 5.92 Å². The fourth-order valence-electron chi connectivity index (χ4n) is 6.27. The Kier molecular flexibility index (Phi) is 25.0. The molecule has 0 aromatic heterocycles. The summed E-state index contributed by atoms with van der Waals surface area (Å²) in [6.07, 6.45) is -1.32. The number of hydrogen-bond acceptors (Lipinski definition) is 14. The fraction of sp³-hybridized carbons (Fsp3) is 0.610. The first kappa shape index (κ1) is 55.7. The van der Waals surface area contributed by atoms with E-state index >= 15 is 0 Å². The Bertz CT molecular complexity index is 1810. The van der Waals surface area contributed by atoms with Crippen LogP contribution in [0.15, 0.2) is 30.3 Å². The van der Waals surface area contributed by atoms with Gasteiger partial charge in [-0.3, -0.25) is 47.9 Å². The van der Waals surface area contributed by atoms with Gasteiger partial charge in [-0.2, -0.15) is 23.5 Å². The number of benzene rings is 1. The van der Waals surface area contributed by atoms with E-state index in [1.165, 1.54) is 37.4 Å². The Hall–Kier alpha value is -5.46. The van der Waals surface area contributed by atoms with Crippen LogP contribution in [0.2, 0.25) is 0 Å². The van der Waals surface area contributed by atoms with Gasteiger partial charge in [0.15, 0.2) is 0 Å². The number of aliphatic carboxylic acids is 1. The molecule has 8 atom stereocenters. The molecule has 362 valence electrons. The average molecular weight is 953 g/mol. The van der Waals surface area contributed by atoms with Crippen molar-refractivity contribution in [1.82, 2.24) is 42.5 Å². The van der Waals surface area contributed by atoms with Crippen LogP contribution in [-0.4, -0.2) is 154 Å². The molecule has 24 heteroatoms. The molecule has 9 amide bonds. The van der Waals surface area contributed by atoms with Crippen molar-refractivity contribution in [3.8, 4) is 0 Å². The van der Waals surface area contributed by atoms with Crippen LogP contribution in [0.1, 0.15) is 65.4 Å². The molecular formula is C41H64N10O12S2. The summed E-state index contributed by atoms with van der Waals surface area (Å²) in [5.41, 5.74) is 11.8. The summed E-state index contributed by atoms with van der Waals surface area (Å²) in [6, 6.07) is -0.578. The molecule has 14 N–H and O–H groups in total. The molecule has 1 saturated heterocycles. The van der Waals surface area contributed by atoms with Gasteiger partial charge < -0.3 is 64.2 Å². The Morgan fingerprint density at radius 3 is 2.06 bits per heavy atom. The van der Waals surface area contributed by atoms with E-state index in [1.54, 1.807) is 44.2 Å². The standard InChI is InChI=1S/C41H64N10O12S2/c1-22(2)33(45-24(4)53)41(63)48-27(12-8-9-15-42)36(58)49-30-21-65-17-16-64-20-29(38(60)47-26(35(43)57)13-14-32(55)56)50-37(59)28(18-25-10-6-5-7-11-25)46-31(54)19-44-40(62)34(23(3)52)51-39(30)61/h5-7,10-11,22-23,26-30,33-34,52H,8-9,12-21,42H2,1-4H3,(H2,43,57)(H,44,62)(H,45,53)(H,46,54)(H,47,60)(H,48,63)(H,49,58)(H,50,59)(H,51,61)(H,55,56)/t23-,26+,27+,28+,29+,30+,33+,34+/m1/s1. The maximum atomic E-state index is 13.9. The maximum absolute atomic E-state index is 13.9. The summed E-state index contributed by atoms with van der Waals surface area (Å²) in [5.74, 6) is -8.38. The molecule has 1 aliphatic rings. The van der Waals surface area contributed by atoms with Crippen molar-refractivity contribution < 1.29 is 58.2 Å². The minimum absolute atomic E-state index is 0.0579. The molecule has 2 rings (SSSR count). The molecule has 0 saturated carbocycles. The van der Waals surface area contributed by atoms with E-state index in [9.17, 15) is 53.1 Å². The lowest BCUT2D eigenvalue weighted by Crippen LogP contribution is -2.61. The largest absolute Gasteiger partial charge is 0.481 e. The van der Waals surface area contributed by atoms with Gasteiger partial charge in [-0.25, -0.2) is 0 Å². The highest BCUT2D eigenvalue weighted by molar-refractivity contribution is 8.03. The predicted molar refractivity (Wildman–Crippen MR) is 242 cm³/mol. The Morgan fingerprint density at radius 1 is 0.815 bits per heavy atom. The molecule has 1 fully saturated rings. The van der Waals surface area contributed by atoms with Crippen LogP contribution >= 0.6 is 23.5 Å². The van der Waals surface area contributed by atoms with Crippen LogP contribution in [0.25, 0.3) is 0 Å². The van der Waals surface area contributed by atoms with Crippen molar-refractivity contribution >= 4 is 82.7 Å². The molecule has 0 radical (unpaired) electrons. The summed E-state index contributed by atoms with van der Waals surface area (Å²) in [5, 5.41) is 40.0. The van der Waals surface area contributed by atoms with Gasteiger partial charge in [0.1, 0.15) is 42.3 Å². The number of nitrogens with two attached hydrogens (primary N) is 2. The third-order valence-electron chi connectivity index (χ3n) is 9.82. The molecule has 65 heavy (non-hydrogen) atoms. The summed E-state index contributed by atoms with van der Waals surface area (Å²) >= 11 is 2.39. The van der Waals surface area contributed by atoms with Gasteiger partial charge in [-0.15, -0.1) is 0 Å². The molecular weight excluding hydrogens is 889 g/mol. The van der Waals surface area contributed by atoms with Gasteiger partial charge >= 0.3 is 5.97 Å². The number of unbranched alkanes of at least 4 members (excludes halogenated alkanes) is 1. The zero-order chi connectivity index (χ0) is 48.6. The van der Waals surface area contributed by atoms with Crippen molar-refractivity contribution in [3.05, 3.63) is 35.9 Å². The first-order valence-corrected chi connectivity index (χ1v) is 23.5. The van der Waals surface area contributed by atoms with Crippen LogP contribution in [0.3, 0.4) is 0 Å². The number of carbonyl (C=O) groups excluding carboxylic acids is 9. The van der Waals surface area contributed by atoms with Gasteiger partial charge in [0, 0.05) is 42.8 Å². The number of hydrogen-bond donors (Lipinski definition) is 12. The normalized spacial score (nSPS) is 21.2. The van der Waals surface area contributed by atoms with Crippen LogP contribution < -0.4 is 54.0 Å². The highest BCUT2D eigenvalue weighted by atomic mass is 32.2. The zero-order valence-electron chi connectivity index (χ0n) is 37.0. The van der Waals surface area contributed by atoms with E-state index in [-0.39, 0.29) is 36.7 Å². The van der Waals surface area contributed by atoms with Gasteiger partial charge in [0.05, 0.1) is 12.6 Å². The van der Waals surface area contributed by atoms with Gasteiger partial charge in [0.25, 0.3) is 0 Å². The van der Waals surface area contributed by atoms with E-state index in [1.807, 2.05) is 0 Å². The number of carboxylic acids is 1. The van der Waals surface area contributed by atoms with Crippen molar-refractivity contribution in [3.63, 3.8) is 0 Å². The number of thioether (sulfide) groups is 2. The second-order valence-electron chi connectivity index (χ2n) is 15.7. The molecule has 0 bridgehead atoms. The topological polar surface area (TPSA) is 359 Å². The predicted octanol–water partition coefficient (Wildman–Crippen LogP) is -3.25. The minimum atomic E-state index is -1.62. The van der Waals surface area contributed by atoms with Gasteiger partial charge in [-0.05, 0) is 50.6 Å². The minimum Gasteiger partial charge on any atom is -0.481 e. The second-order valence-corrected chi connectivity index (χ2v) is 18.0. The number of primary amides is 1. The number of nitrogens with one attached hydrogen (secondary N) is 8. The van der Waals surface area contributed by atoms with Gasteiger partial charge in [0.2, 0.25) is 53.2 Å². The zero-order valence-corrected chi connectivity index (χ0v) is 38.6. The lowest BCUT2D eigenvalue weighted by Gasteiger charge is -2.28. The third-order valence-corrected chi connectivity index (χ3v) is 12.2. The highest BCUT2D eigenvalue weighted by Crippen LogP contribution is 2.14. The lowest BCUT2D eigenvalue weighted by atomic mass is 10.0. The van der Waals surface area contributed by atoms with E-state index in [0.29, 0.717) is 36.5 Å². The second kappa shape index (κ2) is 29.2. The van der Waals surface area contributed by atoms with E-state index in [0.717, 1.165) is 0 Å². The van der Waals surface area contributed by atoms with Crippen molar-refractivity contribution in [2.24, 2.45) is 17.4 Å². The van der Waals surface area contributed by atoms with Crippen LogP contribution in [-0.2, 0) is 54.4 Å². The lowest BCUT2D eigenvalue weighted by molar-refractivity contribution is -0.138. The molecule has 1 aromatic carbocycles. The number of aliphatic hydroxyl groups excluding tert-OH is 1. The molecule has 0 spiro atoms. The quantitative estimate of drug-likeness (QED) is 0.0607. The SMILES string of the molecule is CC(=O)N[C@H](C(=O)N[C@@H](CCCCN)C(=O)N[C@H]1CSCCSC[C@@H](C(=O)N[C@@H](CCC(=O)O)C(N)=O)NC(=O)[C@H](Cc2ccccc2)NC(=O)CNC(=O)[C@H]([C@@H](C)O)NC1=O)C(C)C. The van der Waals surface area contributed by atoms with Crippen molar-refractivity contribution in [2.75, 3.05) is 36.1 Å². The third kappa shape index (κ3) is 20.9. The summed E-state index contributed by atoms with van der Waals surface area (Å²) in [4.78, 5) is 131. The number of aliphatic hydroxyl groups is 1. The molecule has 1 aromatic rings. The molecule has 0 unspecified atom stereocenters. The Morgan fingerprint density at radius 2 is 1.48 bits per heavy atom. The number of carbonyl (C=O) groups is 10. The number of rotatable bonds is 19. The van der Waals surface area contributed by atoms with E-state index in [2.05, 4.69) is 42.5 Å². The van der Waals surface area contributed by atoms with Gasteiger partial charge in [-0.1, -0.05) is 44.2 Å². The molecule has 0 aliphatic carbocycles. The summed E-state index contributed by atoms with van der Waals surface area (Å²) < 4.78 is 0. The summed E-state index contributed by atoms with van der Waals surface area (Å²) in [6.45, 7) is 5.49. The molecule has 1 aliphatic heterocycles. The smallest absolute Gasteiger partial charge is 0.303 e. The highest BCUT2D eigenvalue weighted by Gasteiger charge is 2.34. The summed E-state index contributed by atoms with van der Waals surface area (Å²) in [7, 11) is 0. The number of amides is 9. The average Bonchev–Trinajstić information content (AvgIpc) is 3.24. The monoisotopic (exact) mass is 952 g/mol.